The zero-order chi connectivity index (χ0) is 8.65. The minimum absolute atomic E-state index is 1.14. The smallest absolute Gasteiger partial charge is 0.00313 e. The fourth-order valence-electron chi connectivity index (χ4n) is 1.21. The Morgan fingerprint density at radius 2 is 1.83 bits per heavy atom. The average molecular weight is 227 g/mol. The van der Waals surface area contributed by atoms with Gasteiger partial charge in [0, 0.05) is 5.33 Å². The molecule has 0 saturated heterocycles. The van der Waals surface area contributed by atoms with Crippen LogP contribution in [0.2, 0.25) is 0 Å². The number of hydrogen-bond donors (Lipinski definition) is 0. The van der Waals surface area contributed by atoms with Gasteiger partial charge in [-0.05, 0) is 24.8 Å². The molecular formula is C11H15Br. The third-order valence-electron chi connectivity index (χ3n) is 1.91. The molecule has 0 unspecified atom stereocenters. The molecule has 0 N–H and O–H groups in total. The van der Waals surface area contributed by atoms with Crippen molar-refractivity contribution in [3.05, 3.63) is 36.0 Å². The molecule has 0 fully saturated rings. The molecule has 1 rings (SSSR count). The third kappa shape index (κ3) is 3.91. The number of alkyl halides is 1. The zero-order valence-electron chi connectivity index (χ0n) is 7.30. The van der Waals surface area contributed by atoms with E-state index in [0.29, 0.717) is 0 Å². The summed E-state index contributed by atoms with van der Waals surface area (Å²) >= 11 is 3.43. The molecule has 12 heavy (non-hydrogen) atoms. The lowest BCUT2D eigenvalue weighted by Crippen LogP contribution is -1.77. The number of halogens is 1. The summed E-state index contributed by atoms with van der Waals surface area (Å²) < 4.78 is 0. The van der Waals surface area contributed by atoms with Crippen molar-refractivity contribution in [3.8, 4) is 0 Å². The Bertz CT molecular complexity index is 185. The van der Waals surface area contributed by atoms with Gasteiger partial charge in [0.05, 0.1) is 0 Å². The SMILES string of the molecule is BrCCCCCC=C1C=CC=C1. The lowest BCUT2D eigenvalue weighted by atomic mass is 10.1. The molecule has 0 aliphatic heterocycles. The summed E-state index contributed by atoms with van der Waals surface area (Å²) in [6.45, 7) is 0. The van der Waals surface area contributed by atoms with Gasteiger partial charge >= 0.3 is 0 Å². The summed E-state index contributed by atoms with van der Waals surface area (Å²) in [4.78, 5) is 0. The standard InChI is InChI=1S/C11H15Br/c12-10-6-2-1-3-7-11-8-4-5-9-11/h4-5,7-9H,1-3,6,10H2. The molecule has 0 saturated carbocycles. The van der Waals surface area contributed by atoms with Crippen LogP contribution < -0.4 is 0 Å². The first-order valence-corrected chi connectivity index (χ1v) is 5.66. The Labute approximate surface area is 83.2 Å². The molecule has 0 amide bonds. The molecule has 1 aliphatic rings. The van der Waals surface area contributed by atoms with Gasteiger partial charge in [0.15, 0.2) is 0 Å². The molecule has 0 nitrogen and oxygen atoms in total. The van der Waals surface area contributed by atoms with E-state index < -0.39 is 0 Å². The molecule has 0 aromatic heterocycles. The highest BCUT2D eigenvalue weighted by Gasteiger charge is 1.90. The zero-order valence-corrected chi connectivity index (χ0v) is 8.89. The number of unbranched alkanes of at least 4 members (excludes halogenated alkanes) is 3. The van der Waals surface area contributed by atoms with Crippen LogP contribution in [-0.4, -0.2) is 5.33 Å². The van der Waals surface area contributed by atoms with E-state index in [-0.39, 0.29) is 0 Å². The second-order valence-electron chi connectivity index (χ2n) is 2.96. The second kappa shape index (κ2) is 6.24. The highest BCUT2D eigenvalue weighted by Crippen LogP contribution is 2.10. The van der Waals surface area contributed by atoms with Crippen molar-refractivity contribution in [2.45, 2.75) is 25.7 Å². The molecule has 0 bridgehead atoms. The van der Waals surface area contributed by atoms with Gasteiger partial charge < -0.3 is 0 Å². The highest BCUT2D eigenvalue weighted by molar-refractivity contribution is 9.09. The molecule has 0 aromatic rings. The van der Waals surface area contributed by atoms with Crippen molar-refractivity contribution < 1.29 is 0 Å². The topological polar surface area (TPSA) is 0 Å². The Kier molecular flexibility index (Phi) is 5.09. The van der Waals surface area contributed by atoms with Crippen LogP contribution in [0.1, 0.15) is 25.7 Å². The van der Waals surface area contributed by atoms with Crippen molar-refractivity contribution in [1.29, 1.82) is 0 Å². The van der Waals surface area contributed by atoms with E-state index in [4.69, 9.17) is 0 Å². The average Bonchev–Trinajstić information content (AvgIpc) is 2.57. The fourth-order valence-corrected chi connectivity index (χ4v) is 1.61. The normalized spacial score (nSPS) is 14.2. The van der Waals surface area contributed by atoms with Gasteiger partial charge in [0.2, 0.25) is 0 Å². The Hall–Kier alpha value is -0.300. The van der Waals surface area contributed by atoms with Crippen LogP contribution in [0.15, 0.2) is 36.0 Å². The van der Waals surface area contributed by atoms with Crippen molar-refractivity contribution in [2.75, 3.05) is 5.33 Å². The van der Waals surface area contributed by atoms with E-state index in [9.17, 15) is 0 Å². The molecular weight excluding hydrogens is 212 g/mol. The van der Waals surface area contributed by atoms with Crippen LogP contribution in [0, 0.1) is 0 Å². The van der Waals surface area contributed by atoms with E-state index in [1.54, 1.807) is 0 Å². The molecule has 0 heterocycles. The molecule has 1 heteroatoms. The maximum Gasteiger partial charge on any atom is 0.00313 e. The molecule has 1 aliphatic carbocycles. The number of allylic oxidation sites excluding steroid dienone is 6. The fraction of sp³-hybridized carbons (Fsp3) is 0.455. The highest BCUT2D eigenvalue weighted by atomic mass is 79.9. The van der Waals surface area contributed by atoms with Crippen molar-refractivity contribution in [2.24, 2.45) is 0 Å². The number of rotatable bonds is 5. The van der Waals surface area contributed by atoms with E-state index in [1.807, 2.05) is 0 Å². The van der Waals surface area contributed by atoms with Crippen LogP contribution in [0.25, 0.3) is 0 Å². The minimum atomic E-state index is 1.14. The van der Waals surface area contributed by atoms with Gasteiger partial charge in [-0.1, -0.05) is 52.7 Å². The first kappa shape index (κ1) is 9.79. The summed E-state index contributed by atoms with van der Waals surface area (Å²) in [5.41, 5.74) is 1.37. The van der Waals surface area contributed by atoms with Crippen molar-refractivity contribution in [1.82, 2.24) is 0 Å². The maximum atomic E-state index is 3.43. The molecule has 0 radical (unpaired) electrons. The largest absolute Gasteiger partial charge is 0.0928 e. The first-order chi connectivity index (χ1) is 5.93. The Balaban J connectivity index is 2.05. The van der Waals surface area contributed by atoms with Crippen molar-refractivity contribution >= 4 is 15.9 Å². The second-order valence-corrected chi connectivity index (χ2v) is 3.75. The first-order valence-electron chi connectivity index (χ1n) is 4.54. The number of hydrogen-bond acceptors (Lipinski definition) is 0. The predicted molar refractivity (Wildman–Crippen MR) is 58.6 cm³/mol. The van der Waals surface area contributed by atoms with Gasteiger partial charge in [-0.25, -0.2) is 0 Å². The summed E-state index contributed by atoms with van der Waals surface area (Å²) in [6.07, 6.45) is 16.0. The van der Waals surface area contributed by atoms with E-state index >= 15 is 0 Å². The van der Waals surface area contributed by atoms with E-state index in [2.05, 4.69) is 46.3 Å². The van der Waals surface area contributed by atoms with Crippen LogP contribution >= 0.6 is 15.9 Å². The molecule has 0 atom stereocenters. The lowest BCUT2D eigenvalue weighted by Gasteiger charge is -1.94. The Morgan fingerprint density at radius 3 is 2.50 bits per heavy atom. The van der Waals surface area contributed by atoms with Gasteiger partial charge in [0.1, 0.15) is 0 Å². The van der Waals surface area contributed by atoms with Crippen LogP contribution in [0.4, 0.5) is 0 Å². The van der Waals surface area contributed by atoms with Crippen LogP contribution in [-0.2, 0) is 0 Å². The molecule has 66 valence electrons. The monoisotopic (exact) mass is 226 g/mol. The summed E-state index contributed by atoms with van der Waals surface area (Å²) in [7, 11) is 0. The van der Waals surface area contributed by atoms with E-state index in [1.165, 1.54) is 31.3 Å². The third-order valence-corrected chi connectivity index (χ3v) is 2.47. The maximum absolute atomic E-state index is 3.43. The van der Waals surface area contributed by atoms with Gasteiger partial charge in [-0.2, -0.15) is 0 Å². The Morgan fingerprint density at radius 1 is 1.08 bits per heavy atom. The van der Waals surface area contributed by atoms with Gasteiger partial charge in [-0.3, -0.25) is 0 Å². The van der Waals surface area contributed by atoms with E-state index in [0.717, 1.165) is 5.33 Å². The van der Waals surface area contributed by atoms with Crippen LogP contribution in [0.5, 0.6) is 0 Å². The quantitative estimate of drug-likeness (QED) is 0.492. The molecule has 0 spiro atoms. The predicted octanol–water partition coefficient (Wildman–Crippen LogP) is 3.99. The lowest BCUT2D eigenvalue weighted by molar-refractivity contribution is 0.736. The summed E-state index contributed by atoms with van der Waals surface area (Å²) in [6, 6.07) is 0. The van der Waals surface area contributed by atoms with Crippen molar-refractivity contribution in [3.63, 3.8) is 0 Å². The summed E-state index contributed by atoms with van der Waals surface area (Å²) in [5.74, 6) is 0. The molecule has 0 aromatic carbocycles. The van der Waals surface area contributed by atoms with Gasteiger partial charge in [-0.15, -0.1) is 0 Å². The van der Waals surface area contributed by atoms with Crippen LogP contribution in [0.3, 0.4) is 0 Å². The summed E-state index contributed by atoms with van der Waals surface area (Å²) in [5, 5.41) is 1.14. The van der Waals surface area contributed by atoms with Gasteiger partial charge in [0.25, 0.3) is 0 Å². The minimum Gasteiger partial charge on any atom is -0.0928 e.